The fourth-order valence-electron chi connectivity index (χ4n) is 6.19. The lowest BCUT2D eigenvalue weighted by atomic mass is 9.85. The molecule has 0 spiro atoms. The molecule has 1 aliphatic carbocycles. The molecular weight excluding hydrogens is 575 g/mol. The Morgan fingerprint density at radius 3 is 2.38 bits per heavy atom. The van der Waals surface area contributed by atoms with Crippen LogP contribution in [0, 0.1) is 5.92 Å². The molecule has 8 nitrogen and oxygen atoms in total. The molecule has 1 N–H and O–H groups in total. The molecule has 0 bridgehead atoms. The van der Waals surface area contributed by atoms with E-state index in [2.05, 4.69) is 0 Å². The minimum absolute atomic E-state index is 0.0291. The number of rotatable bonds is 9. The number of hydrogen-bond acceptors (Lipinski definition) is 5. The van der Waals surface area contributed by atoms with Crippen molar-refractivity contribution >= 4 is 45.1 Å². The van der Waals surface area contributed by atoms with Gasteiger partial charge in [-0.05, 0) is 80.8 Å². The van der Waals surface area contributed by atoms with E-state index in [1.54, 1.807) is 51.7 Å². The van der Waals surface area contributed by atoms with Gasteiger partial charge in [0.15, 0.2) is 5.60 Å². The summed E-state index contributed by atoms with van der Waals surface area (Å²) in [7, 11) is -3.71. The zero-order valence-corrected chi connectivity index (χ0v) is 24.8. The molecule has 2 aliphatic heterocycles. The lowest BCUT2D eigenvalue weighted by Crippen LogP contribution is -2.62. The average Bonchev–Trinajstić information content (AvgIpc) is 3.63. The van der Waals surface area contributed by atoms with Gasteiger partial charge in [-0.1, -0.05) is 47.5 Å². The smallest absolute Gasteiger partial charge is 0.306 e. The summed E-state index contributed by atoms with van der Waals surface area (Å²) in [5.74, 6) is -1.98. The number of aliphatic carboxylic acids is 1. The molecule has 40 heavy (non-hydrogen) atoms. The van der Waals surface area contributed by atoms with Gasteiger partial charge in [0.1, 0.15) is 6.10 Å². The first-order valence-electron chi connectivity index (χ1n) is 13.6. The van der Waals surface area contributed by atoms with Crippen molar-refractivity contribution in [1.82, 2.24) is 9.21 Å². The quantitative estimate of drug-likeness (QED) is 0.405. The van der Waals surface area contributed by atoms with Gasteiger partial charge in [-0.3, -0.25) is 9.59 Å². The third-order valence-corrected chi connectivity index (χ3v) is 10.8. The van der Waals surface area contributed by atoms with E-state index < -0.39 is 52.1 Å². The van der Waals surface area contributed by atoms with Crippen LogP contribution in [0.25, 0.3) is 0 Å². The topological polar surface area (TPSA) is 104 Å². The van der Waals surface area contributed by atoms with Crippen LogP contribution in [0.4, 0.5) is 0 Å². The number of carbonyl (C=O) groups excluding carboxylic acids is 1. The third-order valence-electron chi connectivity index (χ3n) is 8.29. The minimum atomic E-state index is -3.71. The first-order chi connectivity index (χ1) is 18.9. The zero-order chi connectivity index (χ0) is 28.8. The maximum atomic E-state index is 14.4. The highest BCUT2D eigenvalue weighted by atomic mass is 35.5. The van der Waals surface area contributed by atoms with Crippen LogP contribution >= 0.6 is 23.2 Å². The highest BCUT2D eigenvalue weighted by Crippen LogP contribution is 2.50. The van der Waals surface area contributed by atoms with Gasteiger partial charge in [-0.25, -0.2) is 8.42 Å². The Hall–Kier alpha value is -2.17. The molecule has 0 radical (unpaired) electrons. The van der Waals surface area contributed by atoms with Crippen molar-refractivity contribution in [3.8, 4) is 0 Å². The van der Waals surface area contributed by atoms with Crippen LogP contribution in [0.1, 0.15) is 69.2 Å². The van der Waals surface area contributed by atoms with E-state index in [-0.39, 0.29) is 17.7 Å². The first-order valence-corrected chi connectivity index (χ1v) is 16.0. The summed E-state index contributed by atoms with van der Waals surface area (Å²) in [6.07, 6.45) is 1.78. The van der Waals surface area contributed by atoms with Crippen LogP contribution in [-0.2, 0) is 24.3 Å². The normalized spacial score (nSPS) is 28.6. The highest BCUT2D eigenvalue weighted by molar-refractivity contribution is 7.89. The Morgan fingerprint density at radius 1 is 1.10 bits per heavy atom. The van der Waals surface area contributed by atoms with E-state index >= 15 is 0 Å². The summed E-state index contributed by atoms with van der Waals surface area (Å²) >= 11 is 12.6. The van der Waals surface area contributed by atoms with E-state index in [0.29, 0.717) is 27.7 Å². The van der Waals surface area contributed by atoms with Crippen LogP contribution in [0.15, 0.2) is 48.5 Å². The monoisotopic (exact) mass is 608 g/mol. The van der Waals surface area contributed by atoms with E-state index in [1.807, 2.05) is 13.0 Å². The van der Waals surface area contributed by atoms with Crippen LogP contribution in [0.5, 0.6) is 0 Å². The number of sulfonamides is 1. The molecule has 3 aliphatic rings. The second-order valence-corrected chi connectivity index (χ2v) is 14.2. The summed E-state index contributed by atoms with van der Waals surface area (Å²) in [4.78, 5) is 28.0. The molecule has 3 fully saturated rings. The number of carbonyl (C=O) groups is 2. The molecule has 1 saturated carbocycles. The van der Waals surface area contributed by atoms with Gasteiger partial charge < -0.3 is 14.7 Å². The molecule has 11 heteroatoms. The molecule has 2 saturated heterocycles. The zero-order valence-electron chi connectivity index (χ0n) is 22.5. The molecule has 5 rings (SSSR count). The Labute approximate surface area is 245 Å². The predicted octanol–water partition coefficient (Wildman–Crippen LogP) is 5.46. The molecule has 216 valence electrons. The lowest BCUT2D eigenvalue weighted by molar-refractivity contribution is -0.206. The van der Waals surface area contributed by atoms with Crippen molar-refractivity contribution < 1.29 is 27.9 Å². The molecule has 2 aromatic carbocycles. The average molecular weight is 610 g/mol. The van der Waals surface area contributed by atoms with Crippen molar-refractivity contribution in [2.45, 2.75) is 75.8 Å². The second-order valence-electron chi connectivity index (χ2n) is 11.4. The number of hydrogen-bond donors (Lipinski definition) is 1. The van der Waals surface area contributed by atoms with E-state index in [1.165, 1.54) is 6.92 Å². The van der Waals surface area contributed by atoms with Crippen molar-refractivity contribution in [1.29, 1.82) is 0 Å². The molecule has 0 aromatic heterocycles. The largest absolute Gasteiger partial charge is 0.481 e. The fourth-order valence-corrected chi connectivity index (χ4v) is 8.63. The van der Waals surface area contributed by atoms with Gasteiger partial charge in [0.25, 0.3) is 5.91 Å². The van der Waals surface area contributed by atoms with Gasteiger partial charge in [-0.2, -0.15) is 4.31 Å². The number of carboxylic acid groups (broad SMARTS) is 1. The lowest BCUT2D eigenvalue weighted by Gasteiger charge is -2.51. The SMILES string of the molecule is CC1CCCN1S(=O)(=O)CC(C1CC1)N1C(=O)C(C)(CC(=O)O)OC(c2cccc(Cl)c2)C1c1ccc(Cl)cc1. The maximum Gasteiger partial charge on any atom is 0.306 e. The molecule has 1 amide bonds. The number of nitrogens with zero attached hydrogens (tertiary/aromatic N) is 2. The number of carboxylic acids is 1. The molecular formula is C29H34Cl2N2O6S. The number of morpholine rings is 1. The van der Waals surface area contributed by atoms with E-state index in [4.69, 9.17) is 27.9 Å². The van der Waals surface area contributed by atoms with E-state index in [0.717, 1.165) is 25.7 Å². The van der Waals surface area contributed by atoms with E-state index in [9.17, 15) is 23.1 Å². The first kappa shape index (κ1) is 29.3. The fraction of sp³-hybridized carbons (Fsp3) is 0.517. The maximum absolute atomic E-state index is 14.4. The van der Waals surface area contributed by atoms with Gasteiger partial charge in [0.2, 0.25) is 10.0 Å². The van der Waals surface area contributed by atoms with Gasteiger partial charge in [0, 0.05) is 22.6 Å². The Kier molecular flexibility index (Phi) is 8.25. The molecule has 2 aromatic rings. The van der Waals surface area contributed by atoms with Crippen LogP contribution < -0.4 is 0 Å². The van der Waals surface area contributed by atoms with Crippen molar-refractivity contribution in [2.24, 2.45) is 5.92 Å². The minimum Gasteiger partial charge on any atom is -0.481 e. The van der Waals surface area contributed by atoms with Crippen molar-refractivity contribution in [2.75, 3.05) is 12.3 Å². The van der Waals surface area contributed by atoms with Gasteiger partial charge in [0.05, 0.1) is 24.3 Å². The highest BCUT2D eigenvalue weighted by Gasteiger charge is 2.56. The molecule has 5 unspecified atom stereocenters. The van der Waals surface area contributed by atoms with Gasteiger partial charge >= 0.3 is 5.97 Å². The van der Waals surface area contributed by atoms with Crippen molar-refractivity contribution in [3.63, 3.8) is 0 Å². The second kappa shape index (κ2) is 11.2. The van der Waals surface area contributed by atoms with Crippen LogP contribution in [0.2, 0.25) is 10.0 Å². The summed E-state index contributed by atoms with van der Waals surface area (Å²) in [5, 5.41) is 10.8. The van der Waals surface area contributed by atoms with Gasteiger partial charge in [-0.15, -0.1) is 0 Å². The van der Waals surface area contributed by atoms with Crippen LogP contribution in [0.3, 0.4) is 0 Å². The summed E-state index contributed by atoms with van der Waals surface area (Å²) in [6.45, 7) is 3.85. The third kappa shape index (κ3) is 5.90. The molecule has 2 heterocycles. The number of benzene rings is 2. The Bertz CT molecular complexity index is 1380. The summed E-state index contributed by atoms with van der Waals surface area (Å²) in [5.41, 5.74) is -0.357. The summed E-state index contributed by atoms with van der Waals surface area (Å²) in [6, 6.07) is 12.6. The molecule has 5 atom stereocenters. The number of halogens is 2. The standard InChI is InChI=1S/C29H34Cl2N2O6S/c1-18-5-4-14-32(18)40(37,38)17-24(19-8-9-19)33-26(20-10-12-22(30)13-11-20)27(21-6-3-7-23(31)15-21)39-29(2,28(33)36)16-25(34)35/h3,6-7,10-13,15,18-19,24,26-27H,4-5,8-9,14,16-17H2,1-2H3,(H,34,35). The van der Waals surface area contributed by atoms with Crippen LogP contribution in [-0.4, -0.2) is 64.6 Å². The Morgan fingerprint density at radius 2 is 1.80 bits per heavy atom. The number of amides is 1. The van der Waals surface area contributed by atoms with Crippen molar-refractivity contribution in [3.05, 3.63) is 69.7 Å². The summed E-state index contributed by atoms with van der Waals surface area (Å²) < 4.78 is 35.6. The predicted molar refractivity (Wildman–Crippen MR) is 153 cm³/mol. The Balaban J connectivity index is 1.66. The number of ether oxygens (including phenoxy) is 1.